The normalized spacial score (nSPS) is 14.6. The van der Waals surface area contributed by atoms with Gasteiger partial charge in [0.15, 0.2) is 0 Å². The molecule has 148 valence electrons. The van der Waals surface area contributed by atoms with Gasteiger partial charge in [0.05, 0.1) is 6.54 Å². The molecule has 0 aliphatic heterocycles. The van der Waals surface area contributed by atoms with Crippen molar-refractivity contribution in [2.45, 2.75) is 44.7 Å². The Kier molecular flexibility index (Phi) is 7.20. The number of nitrogens with one attached hydrogen (secondary N) is 2. The van der Waals surface area contributed by atoms with Gasteiger partial charge in [-0.3, -0.25) is 14.5 Å². The number of amides is 2. The van der Waals surface area contributed by atoms with Crippen LogP contribution in [0.15, 0.2) is 54.6 Å². The molecule has 5 nitrogen and oxygen atoms in total. The second-order valence-corrected chi connectivity index (χ2v) is 7.50. The zero-order valence-electron chi connectivity index (χ0n) is 16.5. The lowest BCUT2D eigenvalue weighted by molar-refractivity contribution is -0.117. The van der Waals surface area contributed by atoms with Gasteiger partial charge in [-0.1, -0.05) is 55.7 Å². The summed E-state index contributed by atoms with van der Waals surface area (Å²) >= 11 is 0. The lowest BCUT2D eigenvalue weighted by Crippen LogP contribution is -2.39. The topological polar surface area (TPSA) is 61.4 Å². The Hall–Kier alpha value is -2.66. The quantitative estimate of drug-likeness (QED) is 0.769. The zero-order chi connectivity index (χ0) is 19.8. The summed E-state index contributed by atoms with van der Waals surface area (Å²) in [5, 5.41) is 5.83. The summed E-state index contributed by atoms with van der Waals surface area (Å²) in [5.74, 6) is -0.200. The Morgan fingerprint density at radius 2 is 1.75 bits per heavy atom. The molecule has 2 N–H and O–H groups in total. The monoisotopic (exact) mass is 379 g/mol. The summed E-state index contributed by atoms with van der Waals surface area (Å²) in [6.07, 6.45) is 6.13. The Bertz CT molecular complexity index is 785. The van der Waals surface area contributed by atoms with Crippen molar-refractivity contribution in [1.82, 2.24) is 10.2 Å². The lowest BCUT2D eigenvalue weighted by Gasteiger charge is -2.30. The number of anilines is 1. The van der Waals surface area contributed by atoms with Crippen molar-refractivity contribution in [1.29, 1.82) is 0 Å². The van der Waals surface area contributed by atoms with Crippen molar-refractivity contribution < 1.29 is 9.59 Å². The van der Waals surface area contributed by atoms with E-state index >= 15 is 0 Å². The van der Waals surface area contributed by atoms with Crippen LogP contribution in [0.3, 0.4) is 0 Å². The van der Waals surface area contributed by atoms with E-state index in [0.717, 1.165) is 5.56 Å². The summed E-state index contributed by atoms with van der Waals surface area (Å²) in [5.41, 5.74) is 2.23. The molecule has 0 radical (unpaired) electrons. The van der Waals surface area contributed by atoms with E-state index in [9.17, 15) is 9.59 Å². The highest BCUT2D eigenvalue weighted by Gasteiger charge is 2.20. The summed E-state index contributed by atoms with van der Waals surface area (Å²) in [6, 6.07) is 17.4. The fraction of sp³-hybridized carbons (Fsp3) is 0.391. The zero-order valence-corrected chi connectivity index (χ0v) is 16.5. The Labute approximate surface area is 167 Å². The van der Waals surface area contributed by atoms with E-state index in [1.165, 1.54) is 32.1 Å². The fourth-order valence-corrected chi connectivity index (χ4v) is 3.70. The van der Waals surface area contributed by atoms with Crippen LogP contribution in [0.25, 0.3) is 0 Å². The van der Waals surface area contributed by atoms with Gasteiger partial charge in [0, 0.05) is 23.8 Å². The first-order valence-corrected chi connectivity index (χ1v) is 10.0. The van der Waals surface area contributed by atoms with Gasteiger partial charge in [-0.05, 0) is 43.7 Å². The van der Waals surface area contributed by atoms with E-state index in [4.69, 9.17) is 0 Å². The van der Waals surface area contributed by atoms with Crippen molar-refractivity contribution in [3.8, 4) is 0 Å². The number of carbonyl (C=O) groups is 2. The second kappa shape index (κ2) is 10.0. The third-order valence-corrected chi connectivity index (χ3v) is 5.30. The predicted molar refractivity (Wildman–Crippen MR) is 112 cm³/mol. The average Bonchev–Trinajstić information content (AvgIpc) is 2.73. The van der Waals surface area contributed by atoms with E-state index in [1.54, 1.807) is 18.2 Å². The fourth-order valence-electron chi connectivity index (χ4n) is 3.70. The molecule has 0 unspecified atom stereocenters. The molecule has 2 aromatic rings. The Balaban J connectivity index is 1.52. The minimum absolute atomic E-state index is 0.0464. The van der Waals surface area contributed by atoms with Gasteiger partial charge in [0.2, 0.25) is 5.91 Å². The highest BCUT2D eigenvalue weighted by molar-refractivity contribution is 5.97. The molecule has 0 bridgehead atoms. The molecule has 1 saturated carbocycles. The molecule has 0 heterocycles. The summed E-state index contributed by atoms with van der Waals surface area (Å²) < 4.78 is 0. The van der Waals surface area contributed by atoms with Crippen molar-refractivity contribution in [3.05, 3.63) is 65.7 Å². The number of carbonyl (C=O) groups excluding carboxylic acids is 2. The predicted octanol–water partition coefficient (Wildman–Crippen LogP) is 3.82. The van der Waals surface area contributed by atoms with Gasteiger partial charge in [-0.15, -0.1) is 0 Å². The maximum atomic E-state index is 12.4. The molecule has 0 aromatic heterocycles. The molecule has 1 fully saturated rings. The molecule has 0 saturated heterocycles. The van der Waals surface area contributed by atoms with E-state index in [-0.39, 0.29) is 11.8 Å². The van der Waals surface area contributed by atoms with E-state index in [0.29, 0.717) is 30.4 Å². The maximum absolute atomic E-state index is 12.4. The number of likely N-dealkylation sites (N-methyl/N-ethyl adjacent to an activating group) is 1. The molecule has 0 atom stereocenters. The summed E-state index contributed by atoms with van der Waals surface area (Å²) in [4.78, 5) is 27.0. The van der Waals surface area contributed by atoms with Crippen molar-refractivity contribution in [2.24, 2.45) is 0 Å². The van der Waals surface area contributed by atoms with Gasteiger partial charge in [-0.25, -0.2) is 0 Å². The van der Waals surface area contributed by atoms with Crippen LogP contribution in [0, 0.1) is 0 Å². The standard InChI is InChI=1S/C23H29N3O2/c1-26(21-13-6-3-7-14-21)17-22(27)25-20-12-8-11-19(15-20)23(28)24-16-18-9-4-2-5-10-18/h2,4-5,8-12,15,21H,3,6-7,13-14,16-17H2,1H3,(H,24,28)(H,25,27). The van der Waals surface area contributed by atoms with Crippen LogP contribution < -0.4 is 10.6 Å². The van der Waals surface area contributed by atoms with E-state index in [2.05, 4.69) is 15.5 Å². The van der Waals surface area contributed by atoms with Gasteiger partial charge < -0.3 is 10.6 Å². The number of nitrogens with zero attached hydrogens (tertiary/aromatic N) is 1. The first-order valence-electron chi connectivity index (χ1n) is 10.0. The van der Waals surface area contributed by atoms with E-state index < -0.39 is 0 Å². The molecule has 28 heavy (non-hydrogen) atoms. The summed E-state index contributed by atoms with van der Waals surface area (Å²) in [7, 11) is 2.02. The third-order valence-electron chi connectivity index (χ3n) is 5.30. The minimum atomic E-state index is -0.153. The van der Waals surface area contributed by atoms with Gasteiger partial charge in [-0.2, -0.15) is 0 Å². The van der Waals surface area contributed by atoms with Crippen LogP contribution >= 0.6 is 0 Å². The second-order valence-electron chi connectivity index (χ2n) is 7.50. The van der Waals surface area contributed by atoms with Crippen LogP contribution in [0.2, 0.25) is 0 Å². The lowest BCUT2D eigenvalue weighted by atomic mass is 9.94. The molecule has 2 aromatic carbocycles. The van der Waals surface area contributed by atoms with Gasteiger partial charge in [0.1, 0.15) is 0 Å². The SMILES string of the molecule is CN(CC(=O)Nc1cccc(C(=O)NCc2ccccc2)c1)C1CCCCC1. The van der Waals surface area contributed by atoms with Gasteiger partial charge in [0.25, 0.3) is 5.91 Å². The molecule has 1 aliphatic carbocycles. The molecular weight excluding hydrogens is 350 g/mol. The first-order chi connectivity index (χ1) is 13.6. The van der Waals surface area contributed by atoms with Crippen LogP contribution in [-0.4, -0.2) is 36.3 Å². The van der Waals surface area contributed by atoms with Crippen LogP contribution in [0.5, 0.6) is 0 Å². The largest absolute Gasteiger partial charge is 0.348 e. The number of rotatable bonds is 7. The van der Waals surface area contributed by atoms with E-state index in [1.807, 2.05) is 43.4 Å². The highest BCUT2D eigenvalue weighted by atomic mass is 16.2. The molecular formula is C23H29N3O2. The van der Waals surface area contributed by atoms with Crippen LogP contribution in [0.1, 0.15) is 48.0 Å². The van der Waals surface area contributed by atoms with Gasteiger partial charge >= 0.3 is 0 Å². The highest BCUT2D eigenvalue weighted by Crippen LogP contribution is 2.21. The smallest absolute Gasteiger partial charge is 0.251 e. The average molecular weight is 380 g/mol. The molecule has 2 amide bonds. The molecule has 5 heteroatoms. The first kappa shape index (κ1) is 20.1. The number of hydrogen-bond donors (Lipinski definition) is 2. The van der Waals surface area contributed by atoms with Crippen molar-refractivity contribution in [2.75, 3.05) is 18.9 Å². The molecule has 3 rings (SSSR count). The van der Waals surface area contributed by atoms with Crippen LogP contribution in [0.4, 0.5) is 5.69 Å². The van der Waals surface area contributed by atoms with Crippen molar-refractivity contribution in [3.63, 3.8) is 0 Å². The molecule has 1 aliphatic rings. The van der Waals surface area contributed by atoms with Crippen molar-refractivity contribution >= 4 is 17.5 Å². The minimum Gasteiger partial charge on any atom is -0.348 e. The molecule has 0 spiro atoms. The van der Waals surface area contributed by atoms with Crippen LogP contribution in [-0.2, 0) is 11.3 Å². The number of benzene rings is 2. The Morgan fingerprint density at radius 1 is 1.00 bits per heavy atom. The maximum Gasteiger partial charge on any atom is 0.251 e. The third kappa shape index (κ3) is 5.92. The Morgan fingerprint density at radius 3 is 2.50 bits per heavy atom. The number of hydrogen-bond acceptors (Lipinski definition) is 3. The summed E-state index contributed by atoms with van der Waals surface area (Å²) in [6.45, 7) is 0.845.